The van der Waals surface area contributed by atoms with Gasteiger partial charge in [-0.05, 0) is 30.7 Å². The highest BCUT2D eigenvalue weighted by molar-refractivity contribution is 6.36. The number of rotatable bonds is 5. The Hall–Kier alpha value is -2.51. The summed E-state index contributed by atoms with van der Waals surface area (Å²) >= 11 is 11.9. The van der Waals surface area contributed by atoms with Crippen molar-refractivity contribution in [3.8, 4) is 11.5 Å². The second-order valence-corrected chi connectivity index (χ2v) is 6.56. The molecule has 0 fully saturated rings. The second kappa shape index (κ2) is 8.45. The molecule has 7 nitrogen and oxygen atoms in total. The monoisotopic (exact) mass is 410 g/mol. The Balaban J connectivity index is 1.52. The predicted octanol–water partition coefficient (Wildman–Crippen LogP) is 3.19. The fourth-order valence-corrected chi connectivity index (χ4v) is 2.78. The maximum absolute atomic E-state index is 12.0. The highest BCUT2D eigenvalue weighted by Gasteiger charge is 2.15. The molecule has 142 valence electrons. The number of nitrogens with one attached hydrogen (secondary N) is 1. The van der Waals surface area contributed by atoms with Crippen molar-refractivity contribution in [3.05, 3.63) is 45.6 Å². The molecular formula is C18H16Cl2N2O5. The van der Waals surface area contributed by atoms with Crippen LogP contribution in [0.15, 0.2) is 24.3 Å². The summed E-state index contributed by atoms with van der Waals surface area (Å²) in [5.74, 6) is 0.282. The summed E-state index contributed by atoms with van der Waals surface area (Å²) in [5, 5.41) is 3.07. The lowest BCUT2D eigenvalue weighted by atomic mass is 10.1. The molecule has 1 aromatic heterocycles. The quantitative estimate of drug-likeness (QED) is 0.761. The molecule has 0 saturated heterocycles. The van der Waals surface area contributed by atoms with Gasteiger partial charge in [-0.15, -0.1) is 0 Å². The molecule has 0 spiro atoms. The number of hydrogen-bond acceptors (Lipinski definition) is 6. The van der Waals surface area contributed by atoms with E-state index in [2.05, 4.69) is 10.3 Å². The summed E-state index contributed by atoms with van der Waals surface area (Å²) in [5.41, 5.74) is 1.22. The molecule has 1 N–H and O–H groups in total. The number of anilines is 1. The van der Waals surface area contributed by atoms with Gasteiger partial charge in [-0.25, -0.2) is 4.98 Å². The van der Waals surface area contributed by atoms with E-state index in [1.165, 1.54) is 6.07 Å². The van der Waals surface area contributed by atoms with Crippen molar-refractivity contribution in [1.29, 1.82) is 0 Å². The van der Waals surface area contributed by atoms with E-state index in [1.807, 2.05) is 0 Å². The summed E-state index contributed by atoms with van der Waals surface area (Å²) in [7, 11) is 0. The third-order valence-corrected chi connectivity index (χ3v) is 4.35. The van der Waals surface area contributed by atoms with Crippen LogP contribution in [0.4, 0.5) is 5.82 Å². The minimum absolute atomic E-state index is 0.00296. The predicted molar refractivity (Wildman–Crippen MR) is 99.7 cm³/mol. The van der Waals surface area contributed by atoms with Gasteiger partial charge in [0, 0.05) is 0 Å². The number of halogens is 2. The Morgan fingerprint density at radius 3 is 2.67 bits per heavy atom. The summed E-state index contributed by atoms with van der Waals surface area (Å²) in [6.07, 6.45) is 0.00296. The van der Waals surface area contributed by atoms with E-state index < -0.39 is 18.5 Å². The second-order valence-electron chi connectivity index (χ2n) is 5.75. The summed E-state index contributed by atoms with van der Waals surface area (Å²) in [6.45, 7) is 2.18. The molecule has 9 heteroatoms. The van der Waals surface area contributed by atoms with Crippen LogP contribution in [-0.2, 0) is 20.7 Å². The lowest BCUT2D eigenvalue weighted by molar-refractivity contribution is -0.146. The number of amides is 1. The van der Waals surface area contributed by atoms with Gasteiger partial charge < -0.3 is 19.5 Å². The van der Waals surface area contributed by atoms with Crippen molar-refractivity contribution >= 4 is 40.9 Å². The van der Waals surface area contributed by atoms with Crippen LogP contribution in [0.25, 0.3) is 0 Å². The maximum atomic E-state index is 12.0. The van der Waals surface area contributed by atoms with Crippen LogP contribution >= 0.6 is 23.2 Å². The van der Waals surface area contributed by atoms with Gasteiger partial charge in [-0.2, -0.15) is 0 Å². The first-order chi connectivity index (χ1) is 12.9. The third-order valence-electron chi connectivity index (χ3n) is 3.68. The van der Waals surface area contributed by atoms with Gasteiger partial charge in [-0.3, -0.25) is 9.59 Å². The van der Waals surface area contributed by atoms with Crippen LogP contribution in [0.3, 0.4) is 0 Å². The van der Waals surface area contributed by atoms with Gasteiger partial charge in [0.15, 0.2) is 23.9 Å². The first-order valence-electron chi connectivity index (χ1n) is 8.09. The molecule has 2 aromatic rings. The molecule has 0 radical (unpaired) electrons. The number of aromatic nitrogens is 1. The highest BCUT2D eigenvalue weighted by Crippen LogP contribution is 2.31. The first-order valence-corrected chi connectivity index (χ1v) is 8.84. The number of hydrogen-bond donors (Lipinski definition) is 1. The molecule has 3 rings (SSSR count). The van der Waals surface area contributed by atoms with Crippen LogP contribution in [0.5, 0.6) is 11.5 Å². The minimum Gasteiger partial charge on any atom is -0.486 e. The van der Waals surface area contributed by atoms with Crippen molar-refractivity contribution in [2.45, 2.75) is 13.3 Å². The first kappa shape index (κ1) is 19.3. The third kappa shape index (κ3) is 5.02. The van der Waals surface area contributed by atoms with Gasteiger partial charge in [0.2, 0.25) is 0 Å². The topological polar surface area (TPSA) is 86.8 Å². The van der Waals surface area contributed by atoms with E-state index in [-0.39, 0.29) is 17.3 Å². The van der Waals surface area contributed by atoms with E-state index in [0.29, 0.717) is 41.0 Å². The number of benzene rings is 1. The number of carbonyl (C=O) groups is 2. The van der Waals surface area contributed by atoms with E-state index in [1.54, 1.807) is 25.1 Å². The van der Waals surface area contributed by atoms with Gasteiger partial charge in [0.05, 0.1) is 22.2 Å². The molecule has 1 amide bonds. The molecule has 0 bridgehead atoms. The normalized spacial score (nSPS) is 12.4. The summed E-state index contributed by atoms with van der Waals surface area (Å²) < 4.78 is 15.9. The van der Waals surface area contributed by atoms with E-state index >= 15 is 0 Å². The molecule has 1 aliphatic rings. The van der Waals surface area contributed by atoms with Crippen molar-refractivity contribution in [2.24, 2.45) is 0 Å². The Morgan fingerprint density at radius 1 is 1.15 bits per heavy atom. The Labute approximate surface area is 165 Å². The fourth-order valence-electron chi connectivity index (χ4n) is 2.38. The van der Waals surface area contributed by atoms with E-state index in [4.69, 9.17) is 37.4 Å². The molecule has 1 aliphatic heterocycles. The summed E-state index contributed by atoms with van der Waals surface area (Å²) in [6, 6.07) is 6.68. The average molecular weight is 411 g/mol. The number of carbonyl (C=O) groups excluding carboxylic acids is 2. The van der Waals surface area contributed by atoms with Crippen LogP contribution in [-0.4, -0.2) is 36.7 Å². The van der Waals surface area contributed by atoms with Crippen LogP contribution in [0, 0.1) is 6.92 Å². The Morgan fingerprint density at radius 2 is 1.89 bits per heavy atom. The molecule has 2 heterocycles. The zero-order chi connectivity index (χ0) is 19.4. The van der Waals surface area contributed by atoms with Crippen LogP contribution in [0.2, 0.25) is 10.0 Å². The SMILES string of the molecule is Cc1nc(NC(=O)COC(=O)Cc2ccc3c(c2)OCCO3)c(Cl)cc1Cl. The molecular weight excluding hydrogens is 395 g/mol. The maximum Gasteiger partial charge on any atom is 0.310 e. The molecule has 0 unspecified atom stereocenters. The largest absolute Gasteiger partial charge is 0.486 e. The number of esters is 1. The highest BCUT2D eigenvalue weighted by atomic mass is 35.5. The van der Waals surface area contributed by atoms with Crippen molar-refractivity contribution in [1.82, 2.24) is 4.98 Å². The lowest BCUT2D eigenvalue weighted by Gasteiger charge is -2.18. The number of fused-ring (bicyclic) bond motifs is 1. The molecule has 27 heavy (non-hydrogen) atoms. The number of pyridine rings is 1. The van der Waals surface area contributed by atoms with Crippen molar-refractivity contribution in [3.63, 3.8) is 0 Å². The number of nitrogens with zero attached hydrogens (tertiary/aromatic N) is 1. The van der Waals surface area contributed by atoms with Gasteiger partial charge in [0.1, 0.15) is 13.2 Å². The Bertz CT molecular complexity index is 888. The van der Waals surface area contributed by atoms with Crippen molar-refractivity contribution in [2.75, 3.05) is 25.1 Å². The van der Waals surface area contributed by atoms with E-state index in [0.717, 1.165) is 0 Å². The van der Waals surface area contributed by atoms with Gasteiger partial charge in [-0.1, -0.05) is 29.3 Å². The minimum atomic E-state index is -0.554. The number of ether oxygens (including phenoxy) is 3. The van der Waals surface area contributed by atoms with Gasteiger partial charge >= 0.3 is 5.97 Å². The fraction of sp³-hybridized carbons (Fsp3) is 0.278. The smallest absolute Gasteiger partial charge is 0.310 e. The van der Waals surface area contributed by atoms with E-state index in [9.17, 15) is 9.59 Å². The standard InChI is InChI=1S/C18H16Cl2N2O5/c1-10-12(19)8-13(20)18(21-10)22-16(23)9-27-17(24)7-11-2-3-14-15(6-11)26-5-4-25-14/h2-3,6,8H,4-5,7,9H2,1H3,(H,21,22,23). The lowest BCUT2D eigenvalue weighted by Crippen LogP contribution is -2.22. The summed E-state index contributed by atoms with van der Waals surface area (Å²) in [4.78, 5) is 28.0. The van der Waals surface area contributed by atoms with Crippen molar-refractivity contribution < 1.29 is 23.8 Å². The molecule has 0 aliphatic carbocycles. The zero-order valence-electron chi connectivity index (χ0n) is 14.4. The zero-order valence-corrected chi connectivity index (χ0v) is 15.9. The van der Waals surface area contributed by atoms with Crippen LogP contribution in [0.1, 0.15) is 11.3 Å². The van der Waals surface area contributed by atoms with Crippen LogP contribution < -0.4 is 14.8 Å². The Kier molecular flexibility index (Phi) is 6.03. The molecule has 0 atom stereocenters. The number of aryl methyl sites for hydroxylation is 1. The van der Waals surface area contributed by atoms with Gasteiger partial charge in [0.25, 0.3) is 5.91 Å². The molecule has 1 aromatic carbocycles. The molecule has 0 saturated carbocycles. The average Bonchev–Trinajstić information content (AvgIpc) is 2.64.